The standard InChI is InChI=1S/C14H15ClN4O.ClH/c15-11-2-1-3-13(6-11)19-8-10(7-17-19)14(20)18-5-4-12(16)9-18;/h1-3,6-8,12H,4-5,9,16H2;1H/t12-;/m1./s1. The highest BCUT2D eigenvalue weighted by Gasteiger charge is 2.25. The number of rotatable bonds is 2. The summed E-state index contributed by atoms with van der Waals surface area (Å²) in [7, 11) is 0. The minimum atomic E-state index is -0.0220. The van der Waals surface area contributed by atoms with Crippen LogP contribution in [0.2, 0.25) is 5.02 Å². The molecule has 1 aliphatic rings. The molecule has 1 aliphatic heterocycles. The third-order valence-electron chi connectivity index (χ3n) is 3.41. The second-order valence-electron chi connectivity index (χ2n) is 4.95. The van der Waals surface area contributed by atoms with Gasteiger partial charge < -0.3 is 10.6 Å². The van der Waals surface area contributed by atoms with Gasteiger partial charge in [-0.3, -0.25) is 4.79 Å². The first-order chi connectivity index (χ1) is 9.63. The number of nitrogens with two attached hydrogens (primary N) is 1. The van der Waals surface area contributed by atoms with E-state index >= 15 is 0 Å². The van der Waals surface area contributed by atoms with Crippen molar-refractivity contribution in [2.75, 3.05) is 13.1 Å². The molecular weight excluding hydrogens is 311 g/mol. The normalized spacial score (nSPS) is 17.6. The molecule has 1 aromatic heterocycles. The molecule has 3 rings (SSSR count). The summed E-state index contributed by atoms with van der Waals surface area (Å²) in [5.41, 5.74) is 7.22. The quantitative estimate of drug-likeness (QED) is 0.919. The average molecular weight is 327 g/mol. The molecule has 1 saturated heterocycles. The van der Waals surface area contributed by atoms with Crippen molar-refractivity contribution < 1.29 is 4.79 Å². The molecule has 21 heavy (non-hydrogen) atoms. The average Bonchev–Trinajstić information content (AvgIpc) is 3.07. The lowest BCUT2D eigenvalue weighted by molar-refractivity contribution is 0.0791. The highest BCUT2D eigenvalue weighted by molar-refractivity contribution is 6.30. The zero-order chi connectivity index (χ0) is 14.1. The Balaban J connectivity index is 0.00000161. The summed E-state index contributed by atoms with van der Waals surface area (Å²) in [6, 6.07) is 7.42. The first-order valence-corrected chi connectivity index (χ1v) is 6.87. The van der Waals surface area contributed by atoms with Crippen molar-refractivity contribution in [1.82, 2.24) is 14.7 Å². The Morgan fingerprint density at radius 3 is 2.90 bits per heavy atom. The van der Waals surface area contributed by atoms with Gasteiger partial charge in [-0.05, 0) is 24.6 Å². The number of aromatic nitrogens is 2. The zero-order valence-electron chi connectivity index (χ0n) is 11.3. The van der Waals surface area contributed by atoms with Crippen molar-refractivity contribution in [2.45, 2.75) is 12.5 Å². The largest absolute Gasteiger partial charge is 0.337 e. The Labute approximate surface area is 134 Å². The molecule has 0 spiro atoms. The molecule has 1 aromatic carbocycles. The topological polar surface area (TPSA) is 64.2 Å². The van der Waals surface area contributed by atoms with Gasteiger partial charge in [0.05, 0.1) is 17.4 Å². The van der Waals surface area contributed by atoms with Crippen LogP contribution in [0, 0.1) is 0 Å². The summed E-state index contributed by atoms with van der Waals surface area (Å²) in [6.45, 7) is 1.32. The first-order valence-electron chi connectivity index (χ1n) is 6.49. The Bertz CT molecular complexity index is 643. The second-order valence-corrected chi connectivity index (χ2v) is 5.39. The number of amides is 1. The van der Waals surface area contributed by atoms with E-state index in [4.69, 9.17) is 17.3 Å². The number of likely N-dealkylation sites (tertiary alicyclic amines) is 1. The van der Waals surface area contributed by atoms with Gasteiger partial charge in [0, 0.05) is 30.4 Å². The molecule has 1 amide bonds. The summed E-state index contributed by atoms with van der Waals surface area (Å²) in [5.74, 6) is -0.0220. The first kappa shape index (κ1) is 15.8. The third-order valence-corrected chi connectivity index (χ3v) is 3.65. The molecule has 0 radical (unpaired) electrons. The van der Waals surface area contributed by atoms with E-state index in [1.54, 1.807) is 34.1 Å². The van der Waals surface area contributed by atoms with Gasteiger partial charge >= 0.3 is 0 Å². The highest BCUT2D eigenvalue weighted by Crippen LogP contribution is 2.16. The van der Waals surface area contributed by atoms with Gasteiger partial charge in [0.15, 0.2) is 0 Å². The van der Waals surface area contributed by atoms with Crippen LogP contribution in [0.5, 0.6) is 0 Å². The Kier molecular flexibility index (Phi) is 4.88. The van der Waals surface area contributed by atoms with Crippen LogP contribution in [0.15, 0.2) is 36.7 Å². The SMILES string of the molecule is Cl.N[C@@H]1CCN(C(=O)c2cnn(-c3cccc(Cl)c3)c2)C1. The van der Waals surface area contributed by atoms with Crippen LogP contribution in [0.3, 0.4) is 0 Å². The van der Waals surface area contributed by atoms with Gasteiger partial charge in [-0.25, -0.2) is 4.68 Å². The minimum Gasteiger partial charge on any atom is -0.337 e. The lowest BCUT2D eigenvalue weighted by atomic mass is 10.3. The van der Waals surface area contributed by atoms with Crippen LogP contribution in [0.4, 0.5) is 0 Å². The van der Waals surface area contributed by atoms with E-state index in [0.717, 1.165) is 12.1 Å². The van der Waals surface area contributed by atoms with Crippen LogP contribution in [-0.2, 0) is 0 Å². The highest BCUT2D eigenvalue weighted by atomic mass is 35.5. The molecule has 112 valence electrons. The molecule has 2 heterocycles. The fraction of sp³-hybridized carbons (Fsp3) is 0.286. The van der Waals surface area contributed by atoms with E-state index < -0.39 is 0 Å². The van der Waals surface area contributed by atoms with Gasteiger partial charge in [-0.2, -0.15) is 5.10 Å². The van der Waals surface area contributed by atoms with Crippen LogP contribution >= 0.6 is 24.0 Å². The number of benzene rings is 1. The Hall–Kier alpha value is -1.56. The number of nitrogens with zero attached hydrogens (tertiary/aromatic N) is 3. The fourth-order valence-corrected chi connectivity index (χ4v) is 2.53. The van der Waals surface area contributed by atoms with Crippen LogP contribution in [0.25, 0.3) is 5.69 Å². The monoisotopic (exact) mass is 326 g/mol. The van der Waals surface area contributed by atoms with Crippen LogP contribution in [-0.4, -0.2) is 39.7 Å². The van der Waals surface area contributed by atoms with E-state index in [0.29, 0.717) is 23.7 Å². The number of halogens is 2. The van der Waals surface area contributed by atoms with E-state index in [2.05, 4.69) is 5.10 Å². The van der Waals surface area contributed by atoms with E-state index in [1.165, 1.54) is 0 Å². The maximum atomic E-state index is 12.3. The lowest BCUT2D eigenvalue weighted by Gasteiger charge is -2.14. The molecule has 0 aliphatic carbocycles. The summed E-state index contributed by atoms with van der Waals surface area (Å²) >= 11 is 5.95. The molecule has 5 nitrogen and oxygen atoms in total. The maximum absolute atomic E-state index is 12.3. The predicted molar refractivity (Wildman–Crippen MR) is 84.3 cm³/mol. The summed E-state index contributed by atoms with van der Waals surface area (Å²) in [6.07, 6.45) is 4.15. The van der Waals surface area contributed by atoms with Crippen molar-refractivity contribution in [1.29, 1.82) is 0 Å². The molecular formula is C14H16Cl2N4O. The number of hydrogen-bond acceptors (Lipinski definition) is 3. The van der Waals surface area contributed by atoms with Crippen molar-refractivity contribution in [3.8, 4) is 5.69 Å². The molecule has 2 aromatic rings. The van der Waals surface area contributed by atoms with Gasteiger partial charge in [0.1, 0.15) is 0 Å². The number of carbonyl (C=O) groups excluding carboxylic acids is 1. The zero-order valence-corrected chi connectivity index (χ0v) is 12.8. The summed E-state index contributed by atoms with van der Waals surface area (Å²) < 4.78 is 1.65. The van der Waals surface area contributed by atoms with E-state index in [-0.39, 0.29) is 24.4 Å². The fourth-order valence-electron chi connectivity index (χ4n) is 2.35. The molecule has 7 heteroatoms. The third kappa shape index (κ3) is 3.37. The van der Waals surface area contributed by atoms with Gasteiger partial charge in [0.2, 0.25) is 0 Å². The minimum absolute atomic E-state index is 0. The summed E-state index contributed by atoms with van der Waals surface area (Å²) in [5, 5.41) is 4.85. The van der Waals surface area contributed by atoms with Gasteiger partial charge in [-0.15, -0.1) is 12.4 Å². The van der Waals surface area contributed by atoms with Gasteiger partial charge in [0.25, 0.3) is 5.91 Å². The second kappa shape index (κ2) is 6.47. The van der Waals surface area contributed by atoms with Crippen molar-refractivity contribution in [2.24, 2.45) is 5.73 Å². The molecule has 0 saturated carbocycles. The maximum Gasteiger partial charge on any atom is 0.257 e. The molecule has 1 atom stereocenters. The van der Waals surface area contributed by atoms with Crippen LogP contribution in [0.1, 0.15) is 16.8 Å². The molecule has 0 bridgehead atoms. The molecule has 1 fully saturated rings. The smallest absolute Gasteiger partial charge is 0.257 e. The number of carbonyl (C=O) groups is 1. The van der Waals surface area contributed by atoms with E-state index in [1.807, 2.05) is 12.1 Å². The van der Waals surface area contributed by atoms with Gasteiger partial charge in [-0.1, -0.05) is 17.7 Å². The number of hydrogen-bond donors (Lipinski definition) is 1. The predicted octanol–water partition coefficient (Wildman–Crippen LogP) is 2.12. The van der Waals surface area contributed by atoms with Crippen LogP contribution < -0.4 is 5.73 Å². The summed E-state index contributed by atoms with van der Waals surface area (Å²) in [4.78, 5) is 14.1. The molecule has 2 N–H and O–H groups in total. The van der Waals surface area contributed by atoms with Crippen molar-refractivity contribution in [3.63, 3.8) is 0 Å². The Morgan fingerprint density at radius 2 is 2.24 bits per heavy atom. The molecule has 0 unspecified atom stereocenters. The lowest BCUT2D eigenvalue weighted by Crippen LogP contribution is -2.31. The van der Waals surface area contributed by atoms with Crippen molar-refractivity contribution >= 4 is 29.9 Å². The van der Waals surface area contributed by atoms with Crippen molar-refractivity contribution in [3.05, 3.63) is 47.2 Å². The Morgan fingerprint density at radius 1 is 1.43 bits per heavy atom. The van der Waals surface area contributed by atoms with E-state index in [9.17, 15) is 4.79 Å².